The summed E-state index contributed by atoms with van der Waals surface area (Å²) in [6.45, 7) is 1.51. The molecule has 0 radical (unpaired) electrons. The van der Waals surface area contributed by atoms with Crippen molar-refractivity contribution in [2.24, 2.45) is 0 Å². The summed E-state index contributed by atoms with van der Waals surface area (Å²) in [5.74, 6) is 0.434. The molecule has 1 N–H and O–H groups in total. The Bertz CT molecular complexity index is 1710. The highest BCUT2D eigenvalue weighted by Gasteiger charge is 2.21. The number of aromatic nitrogens is 2. The quantitative estimate of drug-likeness (QED) is 0.360. The fourth-order valence-corrected chi connectivity index (χ4v) is 5.33. The summed E-state index contributed by atoms with van der Waals surface area (Å²) in [5.41, 5.74) is 0.828. The molecule has 5 rings (SSSR count). The molecule has 0 unspecified atom stereocenters. The van der Waals surface area contributed by atoms with Crippen molar-refractivity contribution in [3.05, 3.63) is 92.0 Å². The molecule has 0 saturated carbocycles. The highest BCUT2D eigenvalue weighted by Crippen LogP contribution is 2.31. The van der Waals surface area contributed by atoms with Gasteiger partial charge in [0.2, 0.25) is 5.91 Å². The van der Waals surface area contributed by atoms with Crippen molar-refractivity contribution in [3.8, 4) is 5.75 Å². The van der Waals surface area contributed by atoms with Gasteiger partial charge >= 0.3 is 5.69 Å². The normalized spacial score (nSPS) is 11.3. The lowest BCUT2D eigenvalue weighted by atomic mass is 10.2. The average molecular weight is 510 g/mol. The smallest absolute Gasteiger partial charge is 0.332 e. The van der Waals surface area contributed by atoms with Crippen molar-refractivity contribution in [1.29, 1.82) is 0 Å². The van der Waals surface area contributed by atoms with Gasteiger partial charge in [-0.25, -0.2) is 4.79 Å². The Morgan fingerprint density at radius 1 is 1.11 bits per heavy atom. The highest BCUT2D eigenvalue weighted by atomic mass is 35.5. The second kappa shape index (κ2) is 9.09. The van der Waals surface area contributed by atoms with E-state index in [1.807, 2.05) is 37.3 Å². The zero-order chi connectivity index (χ0) is 24.7. The molecule has 0 fully saturated rings. The maximum absolute atomic E-state index is 13.6. The molecule has 8 nitrogen and oxygen atoms in total. The average Bonchev–Trinajstić information content (AvgIpc) is 3.44. The number of furan rings is 1. The van der Waals surface area contributed by atoms with Crippen molar-refractivity contribution in [2.45, 2.75) is 20.0 Å². The first-order valence-electron chi connectivity index (χ1n) is 10.7. The van der Waals surface area contributed by atoms with Crippen LogP contribution >= 0.6 is 22.9 Å². The molecule has 0 aliphatic rings. The standard InChI is InChI=1S/C25H20ClN3O5S/c1-14-7-9-17(18(11-14)33-2)27-21(30)13-28-22-16-5-3-4-6-19(16)35-23(22)24(31)29(25(28)32)12-15-8-10-20(26)34-15/h3-11H,12-13H2,1-2H3,(H,27,30). The van der Waals surface area contributed by atoms with Crippen LogP contribution in [0.4, 0.5) is 5.69 Å². The van der Waals surface area contributed by atoms with E-state index in [2.05, 4.69) is 5.32 Å². The Kier molecular flexibility index (Phi) is 5.96. The van der Waals surface area contributed by atoms with E-state index in [-0.39, 0.29) is 18.3 Å². The molecule has 35 heavy (non-hydrogen) atoms. The summed E-state index contributed by atoms with van der Waals surface area (Å²) in [6, 6.07) is 15.9. The number of ether oxygens (including phenoxy) is 1. The van der Waals surface area contributed by atoms with E-state index < -0.39 is 17.2 Å². The molecule has 0 spiro atoms. The molecule has 10 heteroatoms. The van der Waals surface area contributed by atoms with Gasteiger partial charge in [0.25, 0.3) is 5.56 Å². The van der Waals surface area contributed by atoms with Gasteiger partial charge in [0.15, 0.2) is 5.22 Å². The van der Waals surface area contributed by atoms with E-state index >= 15 is 0 Å². The molecule has 0 bridgehead atoms. The van der Waals surface area contributed by atoms with E-state index in [0.717, 1.165) is 20.2 Å². The Morgan fingerprint density at radius 3 is 2.66 bits per heavy atom. The number of rotatable bonds is 6. The molecular formula is C25H20ClN3O5S. The SMILES string of the molecule is COc1cc(C)ccc1NC(=O)Cn1c(=O)n(Cc2ccc(Cl)o2)c(=O)c2sc3ccccc3c21. The second-order valence-corrected chi connectivity index (χ2v) is 9.42. The number of hydrogen-bond donors (Lipinski definition) is 1. The summed E-state index contributed by atoms with van der Waals surface area (Å²) in [4.78, 5) is 40.0. The number of thiophene rings is 1. The Labute approximate surface area is 207 Å². The van der Waals surface area contributed by atoms with Gasteiger partial charge < -0.3 is 14.5 Å². The van der Waals surface area contributed by atoms with Crippen LogP contribution in [0.25, 0.3) is 20.3 Å². The van der Waals surface area contributed by atoms with E-state index in [1.165, 1.54) is 23.0 Å². The molecule has 0 saturated heterocycles. The van der Waals surface area contributed by atoms with Gasteiger partial charge in [-0.05, 0) is 54.4 Å². The summed E-state index contributed by atoms with van der Waals surface area (Å²) >= 11 is 7.15. The Hall–Kier alpha value is -3.82. The summed E-state index contributed by atoms with van der Waals surface area (Å²) in [5, 5.41) is 3.70. The minimum absolute atomic E-state index is 0.109. The molecule has 3 heterocycles. The molecule has 3 aromatic heterocycles. The molecule has 1 amide bonds. The number of benzene rings is 2. The van der Waals surface area contributed by atoms with E-state index in [0.29, 0.717) is 27.4 Å². The first kappa shape index (κ1) is 22.9. The van der Waals surface area contributed by atoms with Crippen LogP contribution in [0.1, 0.15) is 11.3 Å². The minimum atomic E-state index is -0.621. The topological polar surface area (TPSA) is 95.5 Å². The van der Waals surface area contributed by atoms with Gasteiger partial charge in [0.1, 0.15) is 22.8 Å². The summed E-state index contributed by atoms with van der Waals surface area (Å²) in [7, 11) is 1.52. The number of carbonyl (C=O) groups is 1. The van der Waals surface area contributed by atoms with Crippen LogP contribution in [0, 0.1) is 6.92 Å². The minimum Gasteiger partial charge on any atom is -0.495 e. The third-order valence-electron chi connectivity index (χ3n) is 5.62. The first-order chi connectivity index (χ1) is 16.9. The number of aryl methyl sites for hydroxylation is 1. The van der Waals surface area contributed by atoms with Crippen LogP contribution in [0.3, 0.4) is 0 Å². The molecule has 178 valence electrons. The monoisotopic (exact) mass is 509 g/mol. The van der Waals surface area contributed by atoms with Crippen molar-refractivity contribution in [2.75, 3.05) is 12.4 Å². The summed E-state index contributed by atoms with van der Waals surface area (Å²) < 4.78 is 14.4. The maximum Gasteiger partial charge on any atom is 0.332 e. The fraction of sp³-hybridized carbons (Fsp3) is 0.160. The number of anilines is 1. The van der Waals surface area contributed by atoms with Gasteiger partial charge in [0.05, 0.1) is 24.9 Å². The highest BCUT2D eigenvalue weighted by molar-refractivity contribution is 7.25. The first-order valence-corrected chi connectivity index (χ1v) is 11.9. The Morgan fingerprint density at radius 2 is 1.91 bits per heavy atom. The molecule has 0 atom stereocenters. The lowest BCUT2D eigenvalue weighted by Gasteiger charge is -2.14. The molecular weight excluding hydrogens is 490 g/mol. The zero-order valence-electron chi connectivity index (χ0n) is 18.8. The number of carbonyl (C=O) groups excluding carboxylic acids is 1. The number of nitrogens with one attached hydrogen (secondary N) is 1. The Balaban J connectivity index is 1.63. The predicted molar refractivity (Wildman–Crippen MR) is 137 cm³/mol. The fourth-order valence-electron chi connectivity index (χ4n) is 4.01. The number of hydrogen-bond acceptors (Lipinski definition) is 6. The van der Waals surface area contributed by atoms with Crippen LogP contribution < -0.4 is 21.3 Å². The lowest BCUT2D eigenvalue weighted by molar-refractivity contribution is -0.116. The van der Waals surface area contributed by atoms with E-state index in [9.17, 15) is 14.4 Å². The van der Waals surface area contributed by atoms with Crippen LogP contribution in [-0.2, 0) is 17.9 Å². The second-order valence-electron chi connectivity index (χ2n) is 7.99. The van der Waals surface area contributed by atoms with Gasteiger partial charge in [-0.3, -0.25) is 18.7 Å². The number of methoxy groups -OCH3 is 1. The number of amides is 1. The molecule has 2 aromatic carbocycles. The predicted octanol–water partition coefficient (Wildman–Crippen LogP) is 4.63. The number of fused-ring (bicyclic) bond motifs is 3. The van der Waals surface area contributed by atoms with Gasteiger partial charge in [0, 0.05) is 10.1 Å². The molecule has 0 aliphatic heterocycles. The van der Waals surface area contributed by atoms with Gasteiger partial charge in [-0.15, -0.1) is 11.3 Å². The summed E-state index contributed by atoms with van der Waals surface area (Å²) in [6.07, 6.45) is 0. The van der Waals surface area contributed by atoms with E-state index in [4.69, 9.17) is 20.8 Å². The third-order valence-corrected chi connectivity index (χ3v) is 6.97. The maximum atomic E-state index is 13.6. The van der Waals surface area contributed by atoms with Crippen LogP contribution in [-0.4, -0.2) is 22.2 Å². The van der Waals surface area contributed by atoms with Gasteiger partial charge in [-0.1, -0.05) is 24.3 Å². The van der Waals surface area contributed by atoms with E-state index in [1.54, 1.807) is 24.3 Å². The van der Waals surface area contributed by atoms with Crippen LogP contribution in [0.5, 0.6) is 5.75 Å². The van der Waals surface area contributed by atoms with Crippen molar-refractivity contribution < 1.29 is 13.9 Å². The van der Waals surface area contributed by atoms with Crippen molar-refractivity contribution in [1.82, 2.24) is 9.13 Å². The lowest BCUT2D eigenvalue weighted by Crippen LogP contribution is -2.41. The van der Waals surface area contributed by atoms with Crippen molar-refractivity contribution in [3.63, 3.8) is 0 Å². The molecule has 0 aliphatic carbocycles. The molecule has 5 aromatic rings. The van der Waals surface area contributed by atoms with Crippen LogP contribution in [0.15, 0.2) is 68.6 Å². The number of halogens is 1. The third kappa shape index (κ3) is 4.24. The van der Waals surface area contributed by atoms with Crippen molar-refractivity contribution >= 4 is 54.8 Å². The van der Waals surface area contributed by atoms with Gasteiger partial charge in [-0.2, -0.15) is 0 Å². The number of nitrogens with zero attached hydrogens (tertiary/aromatic N) is 2. The largest absolute Gasteiger partial charge is 0.495 e. The van der Waals surface area contributed by atoms with Crippen LogP contribution in [0.2, 0.25) is 5.22 Å². The zero-order valence-corrected chi connectivity index (χ0v) is 20.4.